The number of hydrogen-bond acceptors (Lipinski definition) is 6. The number of likely N-dealkylation sites (tertiary alicyclic amines) is 1. The maximum atomic E-state index is 12.2. The van der Waals surface area contributed by atoms with Crippen molar-refractivity contribution in [2.75, 3.05) is 39.2 Å². The molecule has 0 saturated carbocycles. The highest BCUT2D eigenvalue weighted by molar-refractivity contribution is 7.09. The summed E-state index contributed by atoms with van der Waals surface area (Å²) in [6.07, 6.45) is 2.03. The van der Waals surface area contributed by atoms with Crippen molar-refractivity contribution in [2.45, 2.75) is 19.4 Å². The summed E-state index contributed by atoms with van der Waals surface area (Å²) in [5, 5.41) is 7.46. The number of carbonyl (C=O) groups is 2. The van der Waals surface area contributed by atoms with E-state index in [9.17, 15) is 9.59 Å². The first kappa shape index (κ1) is 21.1. The molecule has 7 nitrogen and oxygen atoms in total. The van der Waals surface area contributed by atoms with Crippen molar-refractivity contribution in [1.29, 1.82) is 0 Å². The molecule has 3 rings (SSSR count). The minimum Gasteiger partial charge on any atom is -0.493 e. The van der Waals surface area contributed by atoms with Crippen LogP contribution in [0.25, 0.3) is 0 Å². The van der Waals surface area contributed by atoms with Gasteiger partial charge in [-0.1, -0.05) is 6.07 Å². The zero-order valence-corrected chi connectivity index (χ0v) is 17.6. The average Bonchev–Trinajstić information content (AvgIpc) is 3.25. The summed E-state index contributed by atoms with van der Waals surface area (Å²) in [5.74, 6) is 0.126. The number of hydrogen-bond donors (Lipinski definition) is 2. The summed E-state index contributed by atoms with van der Waals surface area (Å²) in [4.78, 5) is 28.1. The Morgan fingerprint density at radius 2 is 1.86 bits per heavy atom. The number of thiophene rings is 1. The minimum atomic E-state index is -0.688. The molecule has 1 aromatic carbocycles. The molecular formula is C21H27N3O4S. The second-order valence-electron chi connectivity index (χ2n) is 7.03. The van der Waals surface area contributed by atoms with Crippen LogP contribution in [0.15, 0.2) is 35.7 Å². The Labute approximate surface area is 175 Å². The second kappa shape index (κ2) is 10.3. The minimum absolute atomic E-state index is 0.396. The van der Waals surface area contributed by atoms with E-state index in [-0.39, 0.29) is 0 Å². The highest BCUT2D eigenvalue weighted by Gasteiger charge is 2.22. The van der Waals surface area contributed by atoms with Crippen LogP contribution in [0.1, 0.15) is 17.7 Å². The van der Waals surface area contributed by atoms with E-state index in [4.69, 9.17) is 9.47 Å². The molecule has 8 heteroatoms. The van der Waals surface area contributed by atoms with Gasteiger partial charge in [0, 0.05) is 29.7 Å². The zero-order valence-electron chi connectivity index (χ0n) is 16.8. The van der Waals surface area contributed by atoms with Gasteiger partial charge in [-0.05, 0) is 55.4 Å². The van der Waals surface area contributed by atoms with E-state index in [0.717, 1.165) is 32.5 Å². The molecule has 2 heterocycles. The first-order valence-corrected chi connectivity index (χ1v) is 10.5. The molecule has 2 aromatic rings. The standard InChI is InChI=1S/C21H27N3O4S/c1-27-18-6-5-16(12-19(18)28-2)23-21(26)20(25)22-13-15-7-9-24(10-8-15)14-17-4-3-11-29-17/h3-6,11-12,15H,7-10,13-14H2,1-2H3,(H,22,25)(H,23,26). The summed E-state index contributed by atoms with van der Waals surface area (Å²) in [7, 11) is 3.05. The van der Waals surface area contributed by atoms with Crippen LogP contribution < -0.4 is 20.1 Å². The molecule has 1 aliphatic heterocycles. The quantitative estimate of drug-likeness (QED) is 0.677. The van der Waals surface area contributed by atoms with Crippen LogP contribution >= 0.6 is 11.3 Å². The Kier molecular flexibility index (Phi) is 7.48. The molecule has 0 radical (unpaired) electrons. The van der Waals surface area contributed by atoms with Gasteiger partial charge in [0.15, 0.2) is 11.5 Å². The first-order valence-electron chi connectivity index (χ1n) is 9.65. The molecule has 1 aromatic heterocycles. The fourth-order valence-corrected chi connectivity index (χ4v) is 4.14. The Morgan fingerprint density at radius 3 is 2.52 bits per heavy atom. The Bertz CT molecular complexity index is 817. The summed E-state index contributed by atoms with van der Waals surface area (Å²) >= 11 is 1.78. The number of nitrogens with zero attached hydrogens (tertiary/aromatic N) is 1. The third-order valence-electron chi connectivity index (χ3n) is 5.07. The van der Waals surface area contributed by atoms with Crippen molar-refractivity contribution in [1.82, 2.24) is 10.2 Å². The maximum Gasteiger partial charge on any atom is 0.313 e. The van der Waals surface area contributed by atoms with Crippen LogP contribution in [0, 0.1) is 5.92 Å². The van der Waals surface area contributed by atoms with Crippen LogP contribution in [0.2, 0.25) is 0 Å². The maximum absolute atomic E-state index is 12.2. The predicted octanol–water partition coefficient (Wildman–Crippen LogP) is 2.73. The Hall–Kier alpha value is -2.58. The molecule has 156 valence electrons. The zero-order chi connectivity index (χ0) is 20.6. The van der Waals surface area contributed by atoms with Crippen molar-refractivity contribution >= 4 is 28.8 Å². The van der Waals surface area contributed by atoms with Gasteiger partial charge < -0.3 is 20.1 Å². The van der Waals surface area contributed by atoms with E-state index in [1.54, 1.807) is 29.5 Å². The smallest absolute Gasteiger partial charge is 0.313 e. The molecule has 2 N–H and O–H groups in total. The number of piperidine rings is 1. The number of methoxy groups -OCH3 is 2. The number of rotatable bonds is 7. The lowest BCUT2D eigenvalue weighted by molar-refractivity contribution is -0.136. The molecule has 1 saturated heterocycles. The predicted molar refractivity (Wildman–Crippen MR) is 114 cm³/mol. The third-order valence-corrected chi connectivity index (χ3v) is 5.93. The van der Waals surface area contributed by atoms with E-state index in [1.807, 2.05) is 0 Å². The molecule has 0 spiro atoms. The highest BCUT2D eigenvalue weighted by atomic mass is 32.1. The molecule has 29 heavy (non-hydrogen) atoms. The van der Waals surface area contributed by atoms with Crippen LogP contribution in [0.4, 0.5) is 5.69 Å². The average molecular weight is 418 g/mol. The monoisotopic (exact) mass is 417 g/mol. The first-order chi connectivity index (χ1) is 14.1. The molecular weight excluding hydrogens is 390 g/mol. The SMILES string of the molecule is COc1ccc(NC(=O)C(=O)NCC2CCN(Cc3cccs3)CC2)cc1OC. The normalized spacial score (nSPS) is 15.0. The van der Waals surface area contributed by atoms with E-state index in [0.29, 0.717) is 29.6 Å². The summed E-state index contributed by atoms with van der Waals surface area (Å²) in [6, 6.07) is 9.20. The van der Waals surface area contributed by atoms with Gasteiger partial charge >= 0.3 is 11.8 Å². The van der Waals surface area contributed by atoms with Gasteiger partial charge in [0.05, 0.1) is 14.2 Å². The molecule has 1 aliphatic rings. The van der Waals surface area contributed by atoms with Crippen molar-refractivity contribution in [3.05, 3.63) is 40.6 Å². The fraction of sp³-hybridized carbons (Fsp3) is 0.429. The number of ether oxygens (including phenoxy) is 2. The molecule has 0 aliphatic carbocycles. The van der Waals surface area contributed by atoms with E-state index in [2.05, 4.69) is 33.0 Å². The number of nitrogens with one attached hydrogen (secondary N) is 2. The molecule has 1 fully saturated rings. The lowest BCUT2D eigenvalue weighted by Crippen LogP contribution is -2.41. The van der Waals surface area contributed by atoms with E-state index in [1.165, 1.54) is 19.1 Å². The molecule has 0 atom stereocenters. The number of amides is 2. The van der Waals surface area contributed by atoms with Gasteiger partial charge in [-0.15, -0.1) is 11.3 Å². The Morgan fingerprint density at radius 1 is 1.10 bits per heavy atom. The summed E-state index contributed by atoms with van der Waals surface area (Å²) in [6.45, 7) is 3.53. The third kappa shape index (κ3) is 5.95. The summed E-state index contributed by atoms with van der Waals surface area (Å²) < 4.78 is 10.4. The van der Waals surface area contributed by atoms with Gasteiger partial charge in [0.1, 0.15) is 0 Å². The molecule has 2 amide bonds. The largest absolute Gasteiger partial charge is 0.493 e. The lowest BCUT2D eigenvalue weighted by Gasteiger charge is -2.31. The van der Waals surface area contributed by atoms with Crippen molar-refractivity contribution in [3.63, 3.8) is 0 Å². The highest BCUT2D eigenvalue weighted by Crippen LogP contribution is 2.29. The van der Waals surface area contributed by atoms with Gasteiger partial charge in [-0.3, -0.25) is 14.5 Å². The van der Waals surface area contributed by atoms with Gasteiger partial charge in [-0.25, -0.2) is 0 Å². The Balaban J connectivity index is 1.41. The molecule has 0 bridgehead atoms. The van der Waals surface area contributed by atoms with Crippen LogP contribution in [-0.2, 0) is 16.1 Å². The van der Waals surface area contributed by atoms with Gasteiger partial charge in [0.25, 0.3) is 0 Å². The molecule has 0 unspecified atom stereocenters. The number of benzene rings is 1. The van der Waals surface area contributed by atoms with Crippen LogP contribution in [-0.4, -0.2) is 50.6 Å². The topological polar surface area (TPSA) is 79.9 Å². The van der Waals surface area contributed by atoms with Gasteiger partial charge in [0.2, 0.25) is 0 Å². The van der Waals surface area contributed by atoms with E-state index >= 15 is 0 Å². The number of anilines is 1. The van der Waals surface area contributed by atoms with E-state index < -0.39 is 11.8 Å². The van der Waals surface area contributed by atoms with Crippen molar-refractivity contribution < 1.29 is 19.1 Å². The van der Waals surface area contributed by atoms with Crippen LogP contribution in [0.5, 0.6) is 11.5 Å². The van der Waals surface area contributed by atoms with Gasteiger partial charge in [-0.2, -0.15) is 0 Å². The van der Waals surface area contributed by atoms with Crippen LogP contribution in [0.3, 0.4) is 0 Å². The fourth-order valence-electron chi connectivity index (χ4n) is 3.39. The number of carbonyl (C=O) groups excluding carboxylic acids is 2. The second-order valence-corrected chi connectivity index (χ2v) is 8.07. The van der Waals surface area contributed by atoms with Crippen molar-refractivity contribution in [3.8, 4) is 11.5 Å². The van der Waals surface area contributed by atoms with Crippen molar-refractivity contribution in [2.24, 2.45) is 5.92 Å². The summed E-state index contributed by atoms with van der Waals surface area (Å²) in [5.41, 5.74) is 0.477. The lowest BCUT2D eigenvalue weighted by atomic mass is 9.97.